The van der Waals surface area contributed by atoms with Crippen molar-refractivity contribution in [3.05, 3.63) is 24.5 Å². The summed E-state index contributed by atoms with van der Waals surface area (Å²) in [6, 6.07) is 3.16. The maximum absolute atomic E-state index is 13.1. The number of hydrogen-bond acceptors (Lipinski definition) is 8. The fraction of sp³-hybridized carbons (Fsp3) is 0.476. The molecule has 1 aliphatic carbocycles. The molecule has 172 valence electrons. The molecule has 1 aliphatic rings. The van der Waals surface area contributed by atoms with Crippen molar-refractivity contribution >= 4 is 57.6 Å². The maximum atomic E-state index is 13.1. The molecule has 9 nitrogen and oxygen atoms in total. The van der Waals surface area contributed by atoms with Crippen LogP contribution in [0.3, 0.4) is 0 Å². The van der Waals surface area contributed by atoms with Gasteiger partial charge in [0.15, 0.2) is 5.13 Å². The highest BCUT2D eigenvalue weighted by Gasteiger charge is 2.24. The van der Waals surface area contributed by atoms with E-state index in [4.69, 9.17) is 4.74 Å². The van der Waals surface area contributed by atoms with E-state index >= 15 is 0 Å². The van der Waals surface area contributed by atoms with E-state index in [2.05, 4.69) is 20.6 Å². The number of urea groups is 1. The Hall–Kier alpha value is -2.66. The van der Waals surface area contributed by atoms with Gasteiger partial charge in [-0.15, -0.1) is 11.8 Å². The SMILES string of the molecule is CCOC(=O)CSc1cnc(NC(=O)N(CC2CCCC2)c2ccc(NC(C)=O)nc2)s1. The third kappa shape index (κ3) is 7.20. The largest absolute Gasteiger partial charge is 0.465 e. The number of aromatic nitrogens is 2. The van der Waals surface area contributed by atoms with Crippen molar-refractivity contribution in [2.24, 2.45) is 5.92 Å². The summed E-state index contributed by atoms with van der Waals surface area (Å²) >= 11 is 2.63. The van der Waals surface area contributed by atoms with Gasteiger partial charge in [0.2, 0.25) is 5.91 Å². The third-order valence-electron chi connectivity index (χ3n) is 4.86. The monoisotopic (exact) mass is 477 g/mol. The second-order valence-corrected chi connectivity index (χ2v) is 9.66. The van der Waals surface area contributed by atoms with Crippen molar-refractivity contribution in [3.63, 3.8) is 0 Å². The molecule has 0 atom stereocenters. The average molecular weight is 478 g/mol. The van der Waals surface area contributed by atoms with Gasteiger partial charge in [-0.3, -0.25) is 19.8 Å². The molecule has 2 heterocycles. The van der Waals surface area contributed by atoms with Gasteiger partial charge in [0.1, 0.15) is 5.82 Å². The lowest BCUT2D eigenvalue weighted by Gasteiger charge is -2.25. The van der Waals surface area contributed by atoms with E-state index < -0.39 is 0 Å². The molecule has 3 amide bonds. The molecule has 0 bridgehead atoms. The number of thiazole rings is 1. The van der Waals surface area contributed by atoms with E-state index in [0.29, 0.717) is 35.7 Å². The summed E-state index contributed by atoms with van der Waals surface area (Å²) in [6.45, 7) is 4.12. The molecule has 1 saturated carbocycles. The molecular weight excluding hydrogens is 450 g/mol. The molecule has 0 unspecified atom stereocenters. The molecular formula is C21H27N5O4S2. The Morgan fingerprint density at radius 2 is 1.97 bits per heavy atom. The van der Waals surface area contributed by atoms with E-state index in [1.807, 2.05) is 0 Å². The highest BCUT2D eigenvalue weighted by atomic mass is 32.2. The van der Waals surface area contributed by atoms with E-state index in [0.717, 1.165) is 17.1 Å². The van der Waals surface area contributed by atoms with Crippen molar-refractivity contribution in [2.75, 3.05) is 34.4 Å². The Labute approximate surface area is 195 Å². The number of amides is 3. The molecule has 0 spiro atoms. The molecule has 1 fully saturated rings. The minimum absolute atomic E-state index is 0.198. The van der Waals surface area contributed by atoms with E-state index in [9.17, 15) is 14.4 Å². The number of ether oxygens (including phenoxy) is 1. The van der Waals surface area contributed by atoms with Gasteiger partial charge in [-0.2, -0.15) is 0 Å². The number of thioether (sulfide) groups is 1. The zero-order valence-electron chi connectivity index (χ0n) is 18.1. The van der Waals surface area contributed by atoms with Gasteiger partial charge in [-0.25, -0.2) is 14.8 Å². The fourth-order valence-corrected chi connectivity index (χ4v) is 5.09. The Morgan fingerprint density at radius 1 is 1.19 bits per heavy atom. The number of hydrogen-bond donors (Lipinski definition) is 2. The smallest absolute Gasteiger partial charge is 0.328 e. The van der Waals surface area contributed by atoms with Crippen molar-refractivity contribution in [3.8, 4) is 0 Å². The number of anilines is 3. The summed E-state index contributed by atoms with van der Waals surface area (Å²) in [5, 5.41) is 5.95. The number of nitrogens with zero attached hydrogens (tertiary/aromatic N) is 3. The number of carbonyl (C=O) groups is 3. The first-order valence-corrected chi connectivity index (χ1v) is 12.3. The highest BCUT2D eigenvalue weighted by molar-refractivity contribution is 8.01. The van der Waals surface area contributed by atoms with E-state index in [-0.39, 0.29) is 23.7 Å². The molecule has 11 heteroatoms. The number of rotatable bonds is 9. The summed E-state index contributed by atoms with van der Waals surface area (Å²) in [4.78, 5) is 46.1. The molecule has 0 saturated heterocycles. The first kappa shape index (κ1) is 24.0. The second-order valence-electron chi connectivity index (χ2n) is 7.35. The summed E-state index contributed by atoms with van der Waals surface area (Å²) in [6.07, 6.45) is 7.75. The zero-order chi connectivity index (χ0) is 22.9. The molecule has 2 aromatic rings. The first-order chi connectivity index (χ1) is 15.4. The Morgan fingerprint density at radius 3 is 2.62 bits per heavy atom. The zero-order valence-corrected chi connectivity index (χ0v) is 19.8. The van der Waals surface area contributed by atoms with Gasteiger partial charge in [0.05, 0.1) is 34.6 Å². The van der Waals surface area contributed by atoms with E-state index in [1.165, 1.54) is 42.9 Å². The van der Waals surface area contributed by atoms with Crippen LogP contribution in [0.5, 0.6) is 0 Å². The Kier molecular flexibility index (Phi) is 8.86. The van der Waals surface area contributed by atoms with Crippen molar-refractivity contribution in [1.82, 2.24) is 9.97 Å². The van der Waals surface area contributed by atoms with Crippen LogP contribution in [0.1, 0.15) is 39.5 Å². The molecule has 32 heavy (non-hydrogen) atoms. The topological polar surface area (TPSA) is 114 Å². The van der Waals surface area contributed by atoms with Crippen LogP contribution in [0.15, 0.2) is 28.7 Å². The highest BCUT2D eigenvalue weighted by Crippen LogP contribution is 2.30. The van der Waals surface area contributed by atoms with E-state index in [1.54, 1.807) is 36.4 Å². The number of nitrogens with one attached hydrogen (secondary N) is 2. The number of esters is 1. The third-order valence-corrected chi connectivity index (χ3v) is 6.94. The van der Waals surface area contributed by atoms with Gasteiger partial charge < -0.3 is 10.1 Å². The maximum Gasteiger partial charge on any atom is 0.328 e. The lowest BCUT2D eigenvalue weighted by atomic mass is 10.1. The van der Waals surface area contributed by atoms with Gasteiger partial charge in [-0.1, -0.05) is 24.2 Å². The van der Waals surface area contributed by atoms with Crippen LogP contribution in [0.4, 0.5) is 21.4 Å². The van der Waals surface area contributed by atoms with Crippen molar-refractivity contribution in [1.29, 1.82) is 0 Å². The number of pyridine rings is 1. The fourth-order valence-electron chi connectivity index (χ4n) is 3.43. The van der Waals surface area contributed by atoms with Crippen LogP contribution in [0, 0.1) is 5.92 Å². The summed E-state index contributed by atoms with van der Waals surface area (Å²) in [5.74, 6) is 0.581. The van der Waals surface area contributed by atoms with Crippen molar-refractivity contribution in [2.45, 2.75) is 43.7 Å². The van der Waals surface area contributed by atoms with Crippen LogP contribution in [0.2, 0.25) is 0 Å². The Bertz CT molecular complexity index is 929. The molecule has 2 N–H and O–H groups in total. The summed E-state index contributed by atoms with van der Waals surface area (Å²) < 4.78 is 5.74. The van der Waals surface area contributed by atoms with Crippen LogP contribution in [-0.2, 0) is 14.3 Å². The molecule has 0 aliphatic heterocycles. The molecule has 3 rings (SSSR count). The van der Waals surface area contributed by atoms with Crippen LogP contribution < -0.4 is 15.5 Å². The molecule has 2 aromatic heterocycles. The van der Waals surface area contributed by atoms with Crippen molar-refractivity contribution < 1.29 is 19.1 Å². The quantitative estimate of drug-likeness (QED) is 0.407. The van der Waals surface area contributed by atoms with Gasteiger partial charge in [0.25, 0.3) is 0 Å². The van der Waals surface area contributed by atoms with Crippen LogP contribution in [-0.4, -0.2) is 46.8 Å². The molecule has 0 radical (unpaired) electrons. The average Bonchev–Trinajstić information content (AvgIpc) is 3.43. The normalized spacial score (nSPS) is 13.6. The predicted molar refractivity (Wildman–Crippen MR) is 126 cm³/mol. The molecule has 0 aromatic carbocycles. The Balaban J connectivity index is 1.67. The lowest BCUT2D eigenvalue weighted by molar-refractivity contribution is -0.139. The van der Waals surface area contributed by atoms with Crippen LogP contribution >= 0.6 is 23.1 Å². The second kappa shape index (κ2) is 11.8. The van der Waals surface area contributed by atoms with Gasteiger partial charge >= 0.3 is 12.0 Å². The summed E-state index contributed by atoms with van der Waals surface area (Å²) in [7, 11) is 0. The van der Waals surface area contributed by atoms with Gasteiger partial charge in [-0.05, 0) is 37.8 Å². The van der Waals surface area contributed by atoms with Gasteiger partial charge in [0, 0.05) is 13.5 Å². The first-order valence-electron chi connectivity index (χ1n) is 10.5. The predicted octanol–water partition coefficient (Wildman–Crippen LogP) is 4.38. The summed E-state index contributed by atoms with van der Waals surface area (Å²) in [5.41, 5.74) is 0.650. The minimum Gasteiger partial charge on any atom is -0.465 e. The minimum atomic E-state index is -0.290. The lowest BCUT2D eigenvalue weighted by Crippen LogP contribution is -2.38. The standard InChI is InChI=1S/C21H27N5O4S2/c1-3-30-18(28)13-31-19-11-23-20(32-19)25-21(29)26(12-15-6-4-5-7-15)16-8-9-17(22-10-16)24-14(2)27/h8-11,15H,3-7,12-13H2,1-2H3,(H,22,24,27)(H,23,25,29). The van der Waals surface area contributed by atoms with Crippen LogP contribution in [0.25, 0.3) is 0 Å². The number of carbonyl (C=O) groups excluding carboxylic acids is 3.